The first-order valence-corrected chi connectivity index (χ1v) is 5.33. The van der Waals surface area contributed by atoms with E-state index >= 15 is 0 Å². The molecule has 7 heteroatoms. The Labute approximate surface area is 106 Å². The normalized spacial score (nSPS) is 10.6. The predicted molar refractivity (Wildman–Crippen MR) is 62.4 cm³/mol. The van der Waals surface area contributed by atoms with Crippen LogP contribution in [0.2, 0.25) is 0 Å². The maximum absolute atomic E-state index is 12.8. The molecule has 0 aliphatic carbocycles. The molecule has 0 atom stereocenters. The number of pyridine rings is 2. The molecule has 19 heavy (non-hydrogen) atoms. The third-order valence-corrected chi connectivity index (χ3v) is 2.41. The lowest BCUT2D eigenvalue weighted by atomic mass is 10.2. The molecule has 0 aromatic carbocycles. The van der Waals surface area contributed by atoms with Crippen molar-refractivity contribution in [2.45, 2.75) is 0 Å². The highest BCUT2D eigenvalue weighted by Crippen LogP contribution is 2.27. The second-order valence-corrected chi connectivity index (χ2v) is 3.68. The summed E-state index contributed by atoms with van der Waals surface area (Å²) in [6, 6.07) is 4.24. The van der Waals surface area contributed by atoms with Gasteiger partial charge in [-0.25, -0.2) is 9.37 Å². The third-order valence-electron chi connectivity index (χ3n) is 2.41. The van der Waals surface area contributed by atoms with Crippen LogP contribution in [0.15, 0.2) is 41.3 Å². The number of rotatable bonds is 2. The summed E-state index contributed by atoms with van der Waals surface area (Å²) < 4.78 is 17.8. The van der Waals surface area contributed by atoms with Crippen molar-refractivity contribution in [2.24, 2.45) is 0 Å². The monoisotopic (exact) mass is 258 g/mol. The van der Waals surface area contributed by atoms with E-state index in [0.29, 0.717) is 11.3 Å². The lowest BCUT2D eigenvalue weighted by molar-refractivity contribution is 0.425. The largest absolute Gasteiger partial charge is 0.505 e. The molecular weight excluding hydrogens is 251 g/mol. The van der Waals surface area contributed by atoms with Crippen molar-refractivity contribution < 1.29 is 14.0 Å². The van der Waals surface area contributed by atoms with Crippen LogP contribution < -0.4 is 0 Å². The molecule has 0 amide bonds. The van der Waals surface area contributed by atoms with E-state index in [1.165, 1.54) is 24.5 Å². The van der Waals surface area contributed by atoms with Crippen LogP contribution in [0, 0.1) is 5.82 Å². The highest BCUT2D eigenvalue weighted by Gasteiger charge is 2.14. The first-order chi connectivity index (χ1) is 9.24. The number of hydrogen-bond acceptors (Lipinski definition) is 6. The molecule has 0 saturated heterocycles. The van der Waals surface area contributed by atoms with E-state index in [-0.39, 0.29) is 17.5 Å². The van der Waals surface area contributed by atoms with Gasteiger partial charge in [-0.2, -0.15) is 4.98 Å². The standard InChI is InChI=1S/C12H7FN4O2/c13-7-1-2-9(15-5-7)11-16-12(19-17-11)8-3-4-14-6-10(8)18/h1-6,18H. The number of hydrogen-bond donors (Lipinski definition) is 1. The molecule has 94 valence electrons. The summed E-state index contributed by atoms with van der Waals surface area (Å²) >= 11 is 0. The van der Waals surface area contributed by atoms with Crippen LogP contribution in [0.4, 0.5) is 4.39 Å². The van der Waals surface area contributed by atoms with Gasteiger partial charge in [-0.3, -0.25) is 4.98 Å². The van der Waals surface area contributed by atoms with Crippen molar-refractivity contribution >= 4 is 0 Å². The van der Waals surface area contributed by atoms with Crippen molar-refractivity contribution in [3.8, 4) is 28.7 Å². The Morgan fingerprint density at radius 1 is 1.16 bits per heavy atom. The third kappa shape index (κ3) is 2.13. The average molecular weight is 258 g/mol. The molecule has 0 radical (unpaired) electrons. The smallest absolute Gasteiger partial charge is 0.262 e. The molecule has 3 rings (SSSR count). The molecule has 3 aromatic heterocycles. The second-order valence-electron chi connectivity index (χ2n) is 3.68. The molecule has 0 saturated carbocycles. The fraction of sp³-hybridized carbons (Fsp3) is 0. The van der Waals surface area contributed by atoms with Crippen LogP contribution in [0.1, 0.15) is 0 Å². The van der Waals surface area contributed by atoms with Gasteiger partial charge in [0.15, 0.2) is 0 Å². The van der Waals surface area contributed by atoms with Crippen LogP contribution in [0.3, 0.4) is 0 Å². The summed E-state index contributed by atoms with van der Waals surface area (Å²) in [5.74, 6) is -0.156. The number of nitrogens with zero attached hydrogens (tertiary/aromatic N) is 4. The van der Waals surface area contributed by atoms with Gasteiger partial charge in [-0.1, -0.05) is 5.16 Å². The predicted octanol–water partition coefficient (Wildman–Crippen LogP) is 2.04. The number of halogens is 1. The first-order valence-electron chi connectivity index (χ1n) is 5.33. The van der Waals surface area contributed by atoms with Gasteiger partial charge in [0, 0.05) is 6.20 Å². The second kappa shape index (κ2) is 4.45. The molecule has 0 spiro atoms. The minimum atomic E-state index is -0.445. The fourth-order valence-electron chi connectivity index (χ4n) is 1.51. The minimum Gasteiger partial charge on any atom is -0.505 e. The zero-order valence-corrected chi connectivity index (χ0v) is 9.49. The van der Waals surface area contributed by atoms with Crippen molar-refractivity contribution in [1.29, 1.82) is 0 Å². The quantitative estimate of drug-likeness (QED) is 0.757. The zero-order valence-electron chi connectivity index (χ0n) is 9.49. The molecule has 3 aromatic rings. The highest BCUT2D eigenvalue weighted by atomic mass is 19.1. The maximum Gasteiger partial charge on any atom is 0.262 e. The Kier molecular flexibility index (Phi) is 2.64. The number of aromatic hydroxyl groups is 1. The van der Waals surface area contributed by atoms with Crippen LogP contribution in [-0.4, -0.2) is 25.2 Å². The zero-order chi connectivity index (χ0) is 13.2. The molecule has 0 aliphatic rings. The summed E-state index contributed by atoms with van der Waals surface area (Å²) in [7, 11) is 0. The Morgan fingerprint density at radius 3 is 2.79 bits per heavy atom. The van der Waals surface area contributed by atoms with Crippen LogP contribution in [-0.2, 0) is 0 Å². The molecular formula is C12H7FN4O2. The lowest BCUT2D eigenvalue weighted by Gasteiger charge is -1.96. The molecule has 3 heterocycles. The SMILES string of the molecule is Oc1cnccc1-c1nc(-c2ccc(F)cn2)no1. The average Bonchev–Trinajstić information content (AvgIpc) is 2.89. The van der Waals surface area contributed by atoms with Gasteiger partial charge in [-0.05, 0) is 18.2 Å². The van der Waals surface area contributed by atoms with E-state index in [4.69, 9.17) is 4.52 Å². The molecule has 0 aliphatic heterocycles. The Hall–Kier alpha value is -2.83. The topological polar surface area (TPSA) is 84.9 Å². The molecule has 6 nitrogen and oxygen atoms in total. The van der Waals surface area contributed by atoms with Gasteiger partial charge >= 0.3 is 0 Å². The summed E-state index contributed by atoms with van der Waals surface area (Å²) in [6.45, 7) is 0. The summed E-state index contributed by atoms with van der Waals surface area (Å²) in [4.78, 5) is 11.7. The van der Waals surface area contributed by atoms with Crippen molar-refractivity contribution in [3.05, 3.63) is 42.6 Å². The Balaban J connectivity index is 2.00. The van der Waals surface area contributed by atoms with Gasteiger partial charge in [0.25, 0.3) is 5.89 Å². The van der Waals surface area contributed by atoms with E-state index in [0.717, 1.165) is 6.20 Å². The van der Waals surface area contributed by atoms with Crippen LogP contribution in [0.5, 0.6) is 5.75 Å². The summed E-state index contributed by atoms with van der Waals surface area (Å²) in [5, 5.41) is 13.4. The van der Waals surface area contributed by atoms with Gasteiger partial charge in [0.05, 0.1) is 18.0 Å². The summed E-state index contributed by atoms with van der Waals surface area (Å²) in [6.07, 6.45) is 3.83. The van der Waals surface area contributed by atoms with E-state index < -0.39 is 5.82 Å². The van der Waals surface area contributed by atoms with Crippen LogP contribution >= 0.6 is 0 Å². The van der Waals surface area contributed by atoms with Gasteiger partial charge in [0.2, 0.25) is 5.82 Å². The van der Waals surface area contributed by atoms with Gasteiger partial charge in [0.1, 0.15) is 17.3 Å². The number of aromatic nitrogens is 4. The lowest BCUT2D eigenvalue weighted by Crippen LogP contribution is -1.86. The van der Waals surface area contributed by atoms with E-state index in [1.807, 2.05) is 0 Å². The maximum atomic E-state index is 12.8. The first kappa shape index (κ1) is 11.3. The molecule has 0 unspecified atom stereocenters. The minimum absolute atomic E-state index is 0.0650. The molecule has 1 N–H and O–H groups in total. The Bertz CT molecular complexity index is 712. The van der Waals surface area contributed by atoms with E-state index in [9.17, 15) is 9.50 Å². The summed E-state index contributed by atoms with van der Waals surface area (Å²) in [5.41, 5.74) is 0.751. The van der Waals surface area contributed by atoms with E-state index in [1.54, 1.807) is 6.07 Å². The molecule has 0 fully saturated rings. The van der Waals surface area contributed by atoms with Crippen molar-refractivity contribution in [3.63, 3.8) is 0 Å². The van der Waals surface area contributed by atoms with Gasteiger partial charge < -0.3 is 9.63 Å². The van der Waals surface area contributed by atoms with E-state index in [2.05, 4.69) is 20.1 Å². The Morgan fingerprint density at radius 2 is 2.05 bits per heavy atom. The molecule has 0 bridgehead atoms. The fourth-order valence-corrected chi connectivity index (χ4v) is 1.51. The van der Waals surface area contributed by atoms with Crippen molar-refractivity contribution in [1.82, 2.24) is 20.1 Å². The van der Waals surface area contributed by atoms with Gasteiger partial charge in [-0.15, -0.1) is 0 Å². The van der Waals surface area contributed by atoms with Crippen molar-refractivity contribution in [2.75, 3.05) is 0 Å². The van der Waals surface area contributed by atoms with Crippen LogP contribution in [0.25, 0.3) is 23.0 Å². The highest BCUT2D eigenvalue weighted by molar-refractivity contribution is 5.62.